The number of benzene rings is 1. The Morgan fingerprint density at radius 1 is 1.29 bits per heavy atom. The minimum Gasteiger partial charge on any atom is -0.327 e. The maximum atomic E-state index is 12.6. The Labute approximate surface area is 106 Å². The summed E-state index contributed by atoms with van der Waals surface area (Å²) in [5.74, 6) is 0.646. The molecule has 0 bridgehead atoms. The number of aryl methyl sites for hydroxylation is 1. The third kappa shape index (κ3) is 2.78. The number of nitrogens with two attached hydrogens (primary N) is 1. The second kappa shape index (κ2) is 5.32. The van der Waals surface area contributed by atoms with Gasteiger partial charge in [0.2, 0.25) is 0 Å². The van der Waals surface area contributed by atoms with E-state index in [0.717, 1.165) is 23.3 Å². The molecular weight excluding hydrogens is 230 g/mol. The summed E-state index contributed by atoms with van der Waals surface area (Å²) in [6.07, 6.45) is 3.16. The van der Waals surface area contributed by atoms with Gasteiger partial charge in [-0.25, -0.2) is 0 Å². The molecule has 0 saturated heterocycles. The van der Waals surface area contributed by atoms with E-state index < -0.39 is 10.8 Å². The van der Waals surface area contributed by atoms with Crippen molar-refractivity contribution in [2.45, 2.75) is 49.3 Å². The first kappa shape index (κ1) is 12.8. The van der Waals surface area contributed by atoms with Crippen molar-refractivity contribution in [2.75, 3.05) is 0 Å². The van der Waals surface area contributed by atoms with E-state index in [4.69, 9.17) is 5.73 Å². The molecule has 0 radical (unpaired) electrons. The fourth-order valence-electron chi connectivity index (χ4n) is 2.54. The molecule has 94 valence electrons. The van der Waals surface area contributed by atoms with Crippen molar-refractivity contribution in [2.24, 2.45) is 11.7 Å². The van der Waals surface area contributed by atoms with E-state index in [-0.39, 0.29) is 11.3 Å². The molecule has 2 N–H and O–H groups in total. The van der Waals surface area contributed by atoms with Gasteiger partial charge in [0, 0.05) is 10.9 Å². The predicted octanol–water partition coefficient (Wildman–Crippen LogP) is 2.62. The molecule has 2 rings (SSSR count). The van der Waals surface area contributed by atoms with Gasteiger partial charge in [0.1, 0.15) is 0 Å². The van der Waals surface area contributed by atoms with Crippen LogP contribution in [0.4, 0.5) is 0 Å². The molecular formula is C14H21NOS. The van der Waals surface area contributed by atoms with Crippen LogP contribution in [0.15, 0.2) is 29.2 Å². The van der Waals surface area contributed by atoms with Gasteiger partial charge in [-0.2, -0.15) is 0 Å². The van der Waals surface area contributed by atoms with Crippen molar-refractivity contribution in [3.05, 3.63) is 29.8 Å². The van der Waals surface area contributed by atoms with Gasteiger partial charge in [-0.1, -0.05) is 25.1 Å². The highest BCUT2D eigenvalue weighted by molar-refractivity contribution is 7.85. The van der Waals surface area contributed by atoms with E-state index in [1.807, 2.05) is 31.2 Å². The van der Waals surface area contributed by atoms with Gasteiger partial charge in [-0.05, 0) is 43.7 Å². The molecule has 1 aliphatic carbocycles. The Balaban J connectivity index is 2.22. The molecule has 0 aromatic heterocycles. The predicted molar refractivity (Wildman–Crippen MR) is 72.4 cm³/mol. The Morgan fingerprint density at radius 2 is 2.00 bits per heavy atom. The Bertz CT molecular complexity index is 418. The van der Waals surface area contributed by atoms with E-state index >= 15 is 0 Å². The summed E-state index contributed by atoms with van der Waals surface area (Å²) in [6.45, 7) is 4.25. The molecule has 0 spiro atoms. The SMILES string of the molecule is Cc1ccccc1S(=O)C1CC(C)CCC1N. The van der Waals surface area contributed by atoms with Gasteiger partial charge in [-0.3, -0.25) is 4.21 Å². The van der Waals surface area contributed by atoms with Crippen LogP contribution in [0, 0.1) is 12.8 Å². The molecule has 0 heterocycles. The van der Waals surface area contributed by atoms with Gasteiger partial charge in [0.25, 0.3) is 0 Å². The van der Waals surface area contributed by atoms with Crippen LogP contribution < -0.4 is 5.73 Å². The van der Waals surface area contributed by atoms with E-state index in [2.05, 4.69) is 6.92 Å². The monoisotopic (exact) mass is 251 g/mol. The second-order valence-corrected chi connectivity index (χ2v) is 6.82. The lowest BCUT2D eigenvalue weighted by atomic mass is 9.87. The maximum Gasteiger partial charge on any atom is 0.0579 e. The molecule has 1 aromatic rings. The first-order valence-electron chi connectivity index (χ1n) is 6.31. The van der Waals surface area contributed by atoms with E-state index in [0.29, 0.717) is 5.92 Å². The number of hydrogen-bond donors (Lipinski definition) is 1. The van der Waals surface area contributed by atoms with Gasteiger partial charge in [-0.15, -0.1) is 0 Å². The lowest BCUT2D eigenvalue weighted by Gasteiger charge is -2.32. The van der Waals surface area contributed by atoms with Gasteiger partial charge < -0.3 is 5.73 Å². The van der Waals surface area contributed by atoms with Crippen molar-refractivity contribution in [3.8, 4) is 0 Å². The third-order valence-electron chi connectivity index (χ3n) is 3.69. The summed E-state index contributed by atoms with van der Waals surface area (Å²) >= 11 is 0. The number of rotatable bonds is 2. The van der Waals surface area contributed by atoms with Crippen LogP contribution in [-0.4, -0.2) is 15.5 Å². The molecule has 2 nitrogen and oxygen atoms in total. The summed E-state index contributed by atoms with van der Waals surface area (Å²) in [6, 6.07) is 8.02. The van der Waals surface area contributed by atoms with Crippen LogP contribution in [0.2, 0.25) is 0 Å². The van der Waals surface area contributed by atoms with E-state index in [1.54, 1.807) is 0 Å². The molecule has 1 fully saturated rings. The highest BCUT2D eigenvalue weighted by Crippen LogP contribution is 2.29. The van der Waals surface area contributed by atoms with Gasteiger partial charge in [0.05, 0.1) is 16.0 Å². The van der Waals surface area contributed by atoms with Crippen LogP contribution in [0.5, 0.6) is 0 Å². The standard InChI is InChI=1S/C14H21NOS/c1-10-7-8-12(15)14(9-10)17(16)13-6-4-3-5-11(13)2/h3-6,10,12,14H,7-9,15H2,1-2H3. The Morgan fingerprint density at radius 3 is 2.71 bits per heavy atom. The highest BCUT2D eigenvalue weighted by Gasteiger charge is 2.31. The largest absolute Gasteiger partial charge is 0.327 e. The molecule has 4 atom stereocenters. The van der Waals surface area contributed by atoms with Gasteiger partial charge in [0.15, 0.2) is 0 Å². The Kier molecular flexibility index (Phi) is 4.00. The lowest BCUT2D eigenvalue weighted by Crippen LogP contribution is -2.42. The van der Waals surface area contributed by atoms with Crippen molar-refractivity contribution in [1.82, 2.24) is 0 Å². The smallest absolute Gasteiger partial charge is 0.0579 e. The minimum absolute atomic E-state index is 0.0895. The maximum absolute atomic E-state index is 12.6. The van der Waals surface area contributed by atoms with Crippen LogP contribution >= 0.6 is 0 Å². The zero-order valence-electron chi connectivity index (χ0n) is 10.6. The molecule has 1 saturated carbocycles. The second-order valence-electron chi connectivity index (χ2n) is 5.18. The van der Waals surface area contributed by atoms with Gasteiger partial charge >= 0.3 is 0 Å². The van der Waals surface area contributed by atoms with Crippen molar-refractivity contribution >= 4 is 10.8 Å². The molecule has 0 amide bonds. The highest BCUT2D eigenvalue weighted by atomic mass is 32.2. The summed E-state index contributed by atoms with van der Waals surface area (Å²) < 4.78 is 12.6. The minimum atomic E-state index is -0.957. The molecule has 17 heavy (non-hydrogen) atoms. The normalized spacial score (nSPS) is 31.1. The summed E-state index contributed by atoms with van der Waals surface area (Å²) in [4.78, 5) is 0.960. The average molecular weight is 251 g/mol. The average Bonchev–Trinajstić information content (AvgIpc) is 2.32. The molecule has 4 unspecified atom stereocenters. The summed E-state index contributed by atoms with van der Waals surface area (Å²) in [7, 11) is -0.957. The van der Waals surface area contributed by atoms with Crippen LogP contribution in [0.3, 0.4) is 0 Å². The quantitative estimate of drug-likeness (QED) is 0.878. The molecule has 0 aliphatic heterocycles. The van der Waals surface area contributed by atoms with Crippen molar-refractivity contribution in [1.29, 1.82) is 0 Å². The zero-order valence-corrected chi connectivity index (χ0v) is 11.4. The molecule has 3 heteroatoms. The van der Waals surface area contributed by atoms with Crippen molar-refractivity contribution < 1.29 is 4.21 Å². The van der Waals surface area contributed by atoms with Crippen LogP contribution in [0.25, 0.3) is 0 Å². The summed E-state index contributed by atoms with van der Waals surface area (Å²) in [5.41, 5.74) is 7.24. The first-order valence-corrected chi connectivity index (χ1v) is 7.52. The van der Waals surface area contributed by atoms with Crippen LogP contribution in [-0.2, 0) is 10.8 Å². The molecule has 1 aromatic carbocycles. The van der Waals surface area contributed by atoms with E-state index in [9.17, 15) is 4.21 Å². The first-order chi connectivity index (χ1) is 8.09. The number of hydrogen-bond acceptors (Lipinski definition) is 2. The Hall–Kier alpha value is -0.670. The molecule has 1 aliphatic rings. The fraction of sp³-hybridized carbons (Fsp3) is 0.571. The zero-order chi connectivity index (χ0) is 12.4. The fourth-order valence-corrected chi connectivity index (χ4v) is 4.42. The van der Waals surface area contributed by atoms with Crippen molar-refractivity contribution in [3.63, 3.8) is 0 Å². The van der Waals surface area contributed by atoms with Crippen LogP contribution in [0.1, 0.15) is 31.7 Å². The topological polar surface area (TPSA) is 43.1 Å². The third-order valence-corrected chi connectivity index (χ3v) is 5.67. The van der Waals surface area contributed by atoms with E-state index in [1.165, 1.54) is 6.42 Å². The lowest BCUT2D eigenvalue weighted by molar-refractivity contribution is 0.353. The summed E-state index contributed by atoms with van der Waals surface area (Å²) in [5, 5.41) is 0.125.